The van der Waals surface area contributed by atoms with Crippen LogP contribution in [0.5, 0.6) is 11.5 Å². The average Bonchev–Trinajstić information content (AvgIpc) is 2.48. The second kappa shape index (κ2) is 6.81. The highest BCUT2D eigenvalue weighted by atomic mass is 16.5. The molecule has 100 valence electrons. The van der Waals surface area contributed by atoms with Crippen LogP contribution in [0.15, 0.2) is 48.5 Å². The molecule has 0 aliphatic heterocycles. The maximum atomic E-state index is 5.35. The molecule has 0 atom stereocenters. The van der Waals surface area contributed by atoms with Crippen molar-refractivity contribution >= 4 is 0 Å². The van der Waals surface area contributed by atoms with Crippen LogP contribution in [0.2, 0.25) is 0 Å². The van der Waals surface area contributed by atoms with Crippen molar-refractivity contribution < 1.29 is 9.47 Å². The van der Waals surface area contributed by atoms with Crippen LogP contribution in [0.25, 0.3) is 0 Å². The van der Waals surface area contributed by atoms with E-state index in [1.54, 1.807) is 14.2 Å². The molecule has 0 aliphatic rings. The topological polar surface area (TPSA) is 30.5 Å². The lowest BCUT2D eigenvalue weighted by Crippen LogP contribution is -2.13. The number of hydrogen-bond donors (Lipinski definition) is 1. The Morgan fingerprint density at radius 1 is 0.895 bits per heavy atom. The van der Waals surface area contributed by atoms with Gasteiger partial charge in [-0.05, 0) is 23.8 Å². The summed E-state index contributed by atoms with van der Waals surface area (Å²) < 4.78 is 10.6. The van der Waals surface area contributed by atoms with Gasteiger partial charge in [0.15, 0.2) is 0 Å². The third kappa shape index (κ3) is 3.73. The summed E-state index contributed by atoms with van der Waals surface area (Å²) in [5, 5.41) is 3.41. The van der Waals surface area contributed by atoms with Crippen LogP contribution in [0.4, 0.5) is 0 Å². The summed E-state index contributed by atoms with van der Waals surface area (Å²) in [4.78, 5) is 0. The quantitative estimate of drug-likeness (QED) is 0.863. The number of ether oxygens (including phenoxy) is 2. The number of nitrogens with one attached hydrogen (secondary N) is 1. The molecule has 0 radical (unpaired) electrons. The fraction of sp³-hybridized carbons (Fsp3) is 0.250. The third-order valence-electron chi connectivity index (χ3n) is 2.97. The standard InChI is InChI=1S/C16H19NO2/c1-18-15-8-9-16(19-2)14(10-15)12-17-11-13-6-4-3-5-7-13/h3-10,17H,11-12H2,1-2H3. The Hall–Kier alpha value is -2.00. The van der Waals surface area contributed by atoms with Gasteiger partial charge in [-0.2, -0.15) is 0 Å². The second-order valence-electron chi connectivity index (χ2n) is 4.27. The van der Waals surface area contributed by atoms with Crippen LogP contribution in [-0.4, -0.2) is 14.2 Å². The second-order valence-corrected chi connectivity index (χ2v) is 4.27. The Balaban J connectivity index is 1.98. The van der Waals surface area contributed by atoms with Crippen molar-refractivity contribution in [1.29, 1.82) is 0 Å². The Morgan fingerprint density at radius 2 is 1.68 bits per heavy atom. The minimum atomic E-state index is 0.745. The summed E-state index contributed by atoms with van der Waals surface area (Å²) >= 11 is 0. The van der Waals surface area contributed by atoms with Gasteiger partial charge in [-0.15, -0.1) is 0 Å². The Labute approximate surface area is 114 Å². The predicted molar refractivity (Wildman–Crippen MR) is 76.5 cm³/mol. The van der Waals surface area contributed by atoms with Crippen LogP contribution in [-0.2, 0) is 13.1 Å². The van der Waals surface area contributed by atoms with E-state index in [0.717, 1.165) is 30.2 Å². The SMILES string of the molecule is COc1ccc(OC)c(CNCc2ccccc2)c1. The van der Waals surface area contributed by atoms with E-state index in [1.165, 1.54) is 5.56 Å². The lowest BCUT2D eigenvalue weighted by atomic mass is 10.1. The predicted octanol–water partition coefficient (Wildman–Crippen LogP) is 2.99. The first-order valence-corrected chi connectivity index (χ1v) is 6.29. The minimum Gasteiger partial charge on any atom is -0.497 e. The van der Waals surface area contributed by atoms with Gasteiger partial charge in [0.25, 0.3) is 0 Å². The highest BCUT2D eigenvalue weighted by Gasteiger charge is 2.04. The third-order valence-corrected chi connectivity index (χ3v) is 2.97. The largest absolute Gasteiger partial charge is 0.497 e. The molecule has 0 spiro atoms. The fourth-order valence-electron chi connectivity index (χ4n) is 1.96. The maximum Gasteiger partial charge on any atom is 0.123 e. The van der Waals surface area contributed by atoms with Crippen molar-refractivity contribution in [2.24, 2.45) is 0 Å². The zero-order valence-electron chi connectivity index (χ0n) is 11.3. The van der Waals surface area contributed by atoms with Crippen LogP contribution in [0, 0.1) is 0 Å². The Bertz CT molecular complexity index is 511. The van der Waals surface area contributed by atoms with E-state index in [4.69, 9.17) is 9.47 Å². The molecule has 3 nitrogen and oxygen atoms in total. The molecule has 19 heavy (non-hydrogen) atoms. The van der Waals surface area contributed by atoms with Crippen molar-refractivity contribution in [3.8, 4) is 11.5 Å². The molecule has 0 aromatic heterocycles. The number of hydrogen-bond acceptors (Lipinski definition) is 3. The van der Waals surface area contributed by atoms with Crippen LogP contribution < -0.4 is 14.8 Å². The van der Waals surface area contributed by atoms with E-state index >= 15 is 0 Å². The van der Waals surface area contributed by atoms with Gasteiger partial charge in [-0.25, -0.2) is 0 Å². The molecule has 1 N–H and O–H groups in total. The van der Waals surface area contributed by atoms with Gasteiger partial charge in [-0.1, -0.05) is 30.3 Å². The van der Waals surface area contributed by atoms with Crippen molar-refractivity contribution in [2.45, 2.75) is 13.1 Å². The highest BCUT2D eigenvalue weighted by Crippen LogP contribution is 2.23. The minimum absolute atomic E-state index is 0.745. The molecule has 0 saturated carbocycles. The molecule has 2 rings (SSSR count). The first-order valence-electron chi connectivity index (χ1n) is 6.29. The molecule has 3 heteroatoms. The highest BCUT2D eigenvalue weighted by molar-refractivity contribution is 5.40. The van der Waals surface area contributed by atoms with E-state index < -0.39 is 0 Å². The summed E-state index contributed by atoms with van der Waals surface area (Å²) in [7, 11) is 3.35. The number of methoxy groups -OCH3 is 2. The summed E-state index contributed by atoms with van der Waals surface area (Å²) in [6, 6.07) is 16.2. The molecule has 0 amide bonds. The molecule has 0 unspecified atom stereocenters. The Morgan fingerprint density at radius 3 is 2.37 bits per heavy atom. The van der Waals surface area contributed by atoms with Gasteiger partial charge in [0.2, 0.25) is 0 Å². The van der Waals surface area contributed by atoms with Gasteiger partial charge >= 0.3 is 0 Å². The molecule has 0 saturated heterocycles. The lowest BCUT2D eigenvalue weighted by Gasteiger charge is -2.11. The van der Waals surface area contributed by atoms with Gasteiger partial charge in [0.1, 0.15) is 11.5 Å². The summed E-state index contributed by atoms with van der Waals surface area (Å²) in [5.41, 5.74) is 2.36. The van der Waals surface area contributed by atoms with Gasteiger partial charge in [-0.3, -0.25) is 0 Å². The van der Waals surface area contributed by atoms with Crippen LogP contribution in [0.3, 0.4) is 0 Å². The smallest absolute Gasteiger partial charge is 0.123 e. The van der Waals surface area contributed by atoms with Crippen LogP contribution >= 0.6 is 0 Å². The average molecular weight is 257 g/mol. The van der Waals surface area contributed by atoms with Crippen molar-refractivity contribution in [1.82, 2.24) is 5.32 Å². The molecule has 2 aromatic rings. The molecular formula is C16H19NO2. The van der Waals surface area contributed by atoms with Crippen LogP contribution in [0.1, 0.15) is 11.1 Å². The van der Waals surface area contributed by atoms with Gasteiger partial charge in [0, 0.05) is 18.7 Å². The molecule has 0 fully saturated rings. The maximum absolute atomic E-state index is 5.35. The van der Waals surface area contributed by atoms with E-state index in [0.29, 0.717) is 0 Å². The first kappa shape index (κ1) is 13.4. The fourth-order valence-corrected chi connectivity index (χ4v) is 1.96. The van der Waals surface area contributed by atoms with Crippen molar-refractivity contribution in [3.63, 3.8) is 0 Å². The van der Waals surface area contributed by atoms with Crippen molar-refractivity contribution in [2.75, 3.05) is 14.2 Å². The Kier molecular flexibility index (Phi) is 4.81. The van der Waals surface area contributed by atoms with E-state index in [-0.39, 0.29) is 0 Å². The van der Waals surface area contributed by atoms with E-state index in [9.17, 15) is 0 Å². The molecule has 2 aromatic carbocycles. The number of rotatable bonds is 6. The monoisotopic (exact) mass is 257 g/mol. The molecule has 0 bridgehead atoms. The number of benzene rings is 2. The zero-order valence-corrected chi connectivity index (χ0v) is 11.3. The van der Waals surface area contributed by atoms with Crippen molar-refractivity contribution in [3.05, 3.63) is 59.7 Å². The summed E-state index contributed by atoms with van der Waals surface area (Å²) in [6.07, 6.45) is 0. The summed E-state index contributed by atoms with van der Waals surface area (Å²) in [5.74, 6) is 1.72. The van der Waals surface area contributed by atoms with E-state index in [2.05, 4.69) is 17.4 Å². The normalized spacial score (nSPS) is 10.2. The molecule has 0 heterocycles. The molecule has 0 aliphatic carbocycles. The van der Waals surface area contributed by atoms with Gasteiger partial charge < -0.3 is 14.8 Å². The first-order chi connectivity index (χ1) is 9.33. The molecular weight excluding hydrogens is 238 g/mol. The van der Waals surface area contributed by atoms with E-state index in [1.807, 2.05) is 36.4 Å². The zero-order chi connectivity index (χ0) is 13.5. The summed E-state index contributed by atoms with van der Waals surface area (Å²) in [6.45, 7) is 1.58. The van der Waals surface area contributed by atoms with Gasteiger partial charge in [0.05, 0.1) is 14.2 Å². The lowest BCUT2D eigenvalue weighted by molar-refractivity contribution is 0.397.